The summed E-state index contributed by atoms with van der Waals surface area (Å²) in [5.74, 6) is -0.646. The minimum Gasteiger partial charge on any atom is -0.397 e. The molecule has 0 atom stereocenters. The lowest BCUT2D eigenvalue weighted by atomic mass is 10.3. The molecule has 21 heavy (non-hydrogen) atoms. The summed E-state index contributed by atoms with van der Waals surface area (Å²) in [6, 6.07) is 8.79. The topological polar surface area (TPSA) is 102 Å². The van der Waals surface area contributed by atoms with E-state index in [1.54, 1.807) is 24.4 Å². The Bertz CT molecular complexity index is 650. The first-order chi connectivity index (χ1) is 10.1. The highest BCUT2D eigenvalue weighted by atomic mass is 16.2. The van der Waals surface area contributed by atoms with E-state index in [1.165, 1.54) is 4.68 Å². The molecule has 110 valence electrons. The number of carbonyl (C=O) groups excluding carboxylic acids is 2. The molecular formula is C14H17N5O2. The standard InChI is InChI=1S/C14H17N5O2/c1-2-16-13(20)9-17-14(21)11-7-8-19(18-11)12-6-4-3-5-10(12)15/h3-8H,2,9,15H2,1H3,(H,16,20)(H,17,21). The van der Waals surface area contributed by atoms with Gasteiger partial charge in [-0.3, -0.25) is 9.59 Å². The van der Waals surface area contributed by atoms with Crippen molar-refractivity contribution in [3.63, 3.8) is 0 Å². The number of benzene rings is 1. The van der Waals surface area contributed by atoms with Crippen LogP contribution in [0.25, 0.3) is 5.69 Å². The maximum atomic E-state index is 11.9. The van der Waals surface area contributed by atoms with Gasteiger partial charge in [-0.05, 0) is 25.1 Å². The van der Waals surface area contributed by atoms with Crippen LogP contribution in [0.3, 0.4) is 0 Å². The Morgan fingerprint density at radius 1 is 1.24 bits per heavy atom. The van der Waals surface area contributed by atoms with E-state index < -0.39 is 5.91 Å². The average Bonchev–Trinajstić information content (AvgIpc) is 2.95. The molecule has 0 aliphatic rings. The van der Waals surface area contributed by atoms with Crippen LogP contribution in [0.1, 0.15) is 17.4 Å². The van der Waals surface area contributed by atoms with Gasteiger partial charge in [0.2, 0.25) is 5.91 Å². The van der Waals surface area contributed by atoms with E-state index >= 15 is 0 Å². The molecule has 2 amide bonds. The molecule has 0 spiro atoms. The molecule has 7 nitrogen and oxygen atoms in total. The van der Waals surface area contributed by atoms with Crippen LogP contribution in [0.15, 0.2) is 36.5 Å². The van der Waals surface area contributed by atoms with Crippen molar-refractivity contribution in [2.24, 2.45) is 0 Å². The second-order valence-electron chi connectivity index (χ2n) is 4.34. The molecule has 7 heteroatoms. The van der Waals surface area contributed by atoms with Gasteiger partial charge in [-0.15, -0.1) is 0 Å². The number of anilines is 1. The first-order valence-corrected chi connectivity index (χ1v) is 6.57. The van der Waals surface area contributed by atoms with E-state index in [4.69, 9.17) is 5.73 Å². The summed E-state index contributed by atoms with van der Waals surface area (Å²) in [5, 5.41) is 9.26. The number of likely N-dealkylation sites (N-methyl/N-ethyl adjacent to an activating group) is 1. The number of nitrogens with one attached hydrogen (secondary N) is 2. The molecule has 2 aromatic rings. The summed E-state index contributed by atoms with van der Waals surface area (Å²) in [6.45, 7) is 2.26. The van der Waals surface area contributed by atoms with E-state index in [9.17, 15) is 9.59 Å². The summed E-state index contributed by atoms with van der Waals surface area (Å²) >= 11 is 0. The number of hydrogen-bond acceptors (Lipinski definition) is 4. The van der Waals surface area contributed by atoms with E-state index in [1.807, 2.05) is 19.1 Å². The molecule has 0 fully saturated rings. The van der Waals surface area contributed by atoms with Crippen molar-refractivity contribution in [2.45, 2.75) is 6.92 Å². The van der Waals surface area contributed by atoms with Crippen molar-refractivity contribution in [1.29, 1.82) is 0 Å². The van der Waals surface area contributed by atoms with Crippen LogP contribution in [-0.4, -0.2) is 34.7 Å². The van der Waals surface area contributed by atoms with Gasteiger partial charge in [0.1, 0.15) is 0 Å². The number of nitrogens with two attached hydrogens (primary N) is 1. The van der Waals surface area contributed by atoms with Crippen LogP contribution in [-0.2, 0) is 4.79 Å². The summed E-state index contributed by atoms with van der Waals surface area (Å²) in [6.07, 6.45) is 1.65. The van der Waals surface area contributed by atoms with E-state index in [-0.39, 0.29) is 18.1 Å². The second kappa shape index (κ2) is 6.56. The molecule has 0 aliphatic heterocycles. The maximum absolute atomic E-state index is 11.9. The number of nitrogens with zero attached hydrogens (tertiary/aromatic N) is 2. The van der Waals surface area contributed by atoms with Crippen LogP contribution in [0.2, 0.25) is 0 Å². The Balaban J connectivity index is 2.05. The van der Waals surface area contributed by atoms with Crippen molar-refractivity contribution in [1.82, 2.24) is 20.4 Å². The quantitative estimate of drug-likeness (QED) is 0.689. The number of carbonyl (C=O) groups is 2. The zero-order valence-electron chi connectivity index (χ0n) is 11.7. The van der Waals surface area contributed by atoms with Gasteiger partial charge in [-0.2, -0.15) is 5.10 Å². The molecule has 0 saturated heterocycles. The number of aromatic nitrogens is 2. The number of para-hydroxylation sites is 2. The number of hydrogen-bond donors (Lipinski definition) is 3. The van der Waals surface area contributed by atoms with E-state index in [0.717, 1.165) is 0 Å². The predicted octanol–water partition coefficient (Wildman–Crippen LogP) is 0.320. The van der Waals surface area contributed by atoms with Crippen molar-refractivity contribution in [3.8, 4) is 5.69 Å². The van der Waals surface area contributed by atoms with Gasteiger partial charge in [-0.25, -0.2) is 4.68 Å². The van der Waals surface area contributed by atoms with Crippen LogP contribution in [0, 0.1) is 0 Å². The van der Waals surface area contributed by atoms with Gasteiger partial charge < -0.3 is 16.4 Å². The number of nitrogen functional groups attached to an aromatic ring is 1. The first kappa shape index (κ1) is 14.6. The van der Waals surface area contributed by atoms with Crippen molar-refractivity contribution in [3.05, 3.63) is 42.2 Å². The summed E-state index contributed by atoms with van der Waals surface area (Å²) in [4.78, 5) is 23.2. The maximum Gasteiger partial charge on any atom is 0.272 e. The fraction of sp³-hybridized carbons (Fsp3) is 0.214. The monoisotopic (exact) mass is 287 g/mol. The Labute approximate surface area is 122 Å². The molecule has 1 aromatic heterocycles. The van der Waals surface area contributed by atoms with Gasteiger partial charge in [0, 0.05) is 12.7 Å². The Hall–Kier alpha value is -2.83. The molecule has 0 saturated carbocycles. The third-order valence-electron chi connectivity index (χ3n) is 2.79. The lowest BCUT2D eigenvalue weighted by Gasteiger charge is -2.05. The minimum absolute atomic E-state index is 0.0764. The van der Waals surface area contributed by atoms with Gasteiger partial charge >= 0.3 is 0 Å². The van der Waals surface area contributed by atoms with Crippen LogP contribution in [0.4, 0.5) is 5.69 Å². The molecule has 0 unspecified atom stereocenters. The van der Waals surface area contributed by atoms with E-state index in [0.29, 0.717) is 17.9 Å². The zero-order chi connectivity index (χ0) is 15.2. The Morgan fingerprint density at radius 3 is 2.71 bits per heavy atom. The van der Waals surface area contributed by atoms with Gasteiger partial charge in [-0.1, -0.05) is 12.1 Å². The summed E-state index contributed by atoms with van der Waals surface area (Å²) in [5.41, 5.74) is 7.34. The molecule has 0 aliphatic carbocycles. The van der Waals surface area contributed by atoms with Crippen molar-refractivity contribution in [2.75, 3.05) is 18.8 Å². The summed E-state index contributed by atoms with van der Waals surface area (Å²) < 4.78 is 1.52. The SMILES string of the molecule is CCNC(=O)CNC(=O)c1ccn(-c2ccccc2N)n1. The van der Waals surface area contributed by atoms with Gasteiger partial charge in [0.15, 0.2) is 5.69 Å². The van der Waals surface area contributed by atoms with Crippen LogP contribution < -0.4 is 16.4 Å². The Kier molecular flexibility index (Phi) is 4.55. The molecule has 0 radical (unpaired) electrons. The lowest BCUT2D eigenvalue weighted by molar-refractivity contribution is -0.120. The van der Waals surface area contributed by atoms with E-state index in [2.05, 4.69) is 15.7 Å². The highest BCUT2D eigenvalue weighted by Crippen LogP contribution is 2.15. The van der Waals surface area contributed by atoms with Crippen LogP contribution in [0.5, 0.6) is 0 Å². The normalized spacial score (nSPS) is 10.1. The number of rotatable bonds is 5. The van der Waals surface area contributed by atoms with Crippen LogP contribution >= 0.6 is 0 Å². The fourth-order valence-corrected chi connectivity index (χ4v) is 1.79. The summed E-state index contributed by atoms with van der Waals surface area (Å²) in [7, 11) is 0. The first-order valence-electron chi connectivity index (χ1n) is 6.57. The highest BCUT2D eigenvalue weighted by molar-refractivity contribution is 5.94. The largest absolute Gasteiger partial charge is 0.397 e. The number of amides is 2. The highest BCUT2D eigenvalue weighted by Gasteiger charge is 2.12. The lowest BCUT2D eigenvalue weighted by Crippen LogP contribution is -2.36. The molecule has 1 heterocycles. The average molecular weight is 287 g/mol. The van der Waals surface area contributed by atoms with Crippen molar-refractivity contribution < 1.29 is 9.59 Å². The predicted molar refractivity (Wildman–Crippen MR) is 79.0 cm³/mol. The minimum atomic E-state index is -0.408. The molecule has 2 rings (SSSR count). The third-order valence-corrected chi connectivity index (χ3v) is 2.79. The molecule has 4 N–H and O–H groups in total. The molecule has 0 bridgehead atoms. The molecule has 1 aromatic carbocycles. The van der Waals surface area contributed by atoms with Gasteiger partial charge in [0.05, 0.1) is 17.9 Å². The smallest absolute Gasteiger partial charge is 0.272 e. The third kappa shape index (κ3) is 3.59. The zero-order valence-corrected chi connectivity index (χ0v) is 11.7. The fourth-order valence-electron chi connectivity index (χ4n) is 1.79. The van der Waals surface area contributed by atoms with Crippen molar-refractivity contribution >= 4 is 17.5 Å². The second-order valence-corrected chi connectivity index (χ2v) is 4.34. The van der Waals surface area contributed by atoms with Gasteiger partial charge in [0.25, 0.3) is 5.91 Å². The Morgan fingerprint density at radius 2 is 2.00 bits per heavy atom. The molecular weight excluding hydrogens is 270 g/mol.